The quantitative estimate of drug-likeness (QED) is 0.535. The van der Waals surface area contributed by atoms with Crippen LogP contribution in [-0.4, -0.2) is 48.4 Å². The SMILES string of the molecule is CC(C)(C)OC(=O)N1[C@@H]([C@H](O)c2cncc(F)c2)CC1(C)C.CC1(C)CC([C@H](O)c2cncc(F)c2)C1. The Labute approximate surface area is 217 Å². The number of aliphatic hydroxyl groups excluding tert-OH is 2. The molecule has 0 aromatic carbocycles. The summed E-state index contributed by atoms with van der Waals surface area (Å²) in [7, 11) is 0. The summed E-state index contributed by atoms with van der Waals surface area (Å²) < 4.78 is 31.6. The molecule has 204 valence electrons. The smallest absolute Gasteiger partial charge is 0.411 e. The molecule has 1 aliphatic heterocycles. The van der Waals surface area contributed by atoms with Gasteiger partial charge in [0.15, 0.2) is 0 Å². The van der Waals surface area contributed by atoms with Crippen molar-refractivity contribution in [1.82, 2.24) is 14.9 Å². The Morgan fingerprint density at radius 1 is 0.946 bits per heavy atom. The minimum atomic E-state index is -0.997. The van der Waals surface area contributed by atoms with E-state index in [1.54, 1.807) is 27.0 Å². The molecule has 2 aromatic heterocycles. The first-order valence-electron chi connectivity index (χ1n) is 12.6. The zero-order valence-corrected chi connectivity index (χ0v) is 22.7. The van der Waals surface area contributed by atoms with E-state index in [1.165, 1.54) is 23.2 Å². The minimum Gasteiger partial charge on any atom is -0.444 e. The lowest BCUT2D eigenvalue weighted by atomic mass is 9.62. The molecule has 2 aromatic rings. The van der Waals surface area contributed by atoms with E-state index in [4.69, 9.17) is 4.74 Å². The molecule has 4 rings (SSSR count). The summed E-state index contributed by atoms with van der Waals surface area (Å²) in [6.45, 7) is 13.5. The largest absolute Gasteiger partial charge is 0.444 e. The van der Waals surface area contributed by atoms with Crippen LogP contribution in [0, 0.1) is 23.0 Å². The first-order valence-corrected chi connectivity index (χ1v) is 12.6. The van der Waals surface area contributed by atoms with E-state index in [0.29, 0.717) is 23.0 Å². The van der Waals surface area contributed by atoms with Gasteiger partial charge in [0.25, 0.3) is 0 Å². The summed E-state index contributed by atoms with van der Waals surface area (Å²) in [5.74, 6) is -0.646. The van der Waals surface area contributed by atoms with Crippen LogP contribution in [0.15, 0.2) is 36.9 Å². The first kappa shape index (κ1) is 28.9. The van der Waals surface area contributed by atoms with E-state index in [9.17, 15) is 23.8 Å². The third kappa shape index (κ3) is 7.23. The Balaban J connectivity index is 0.000000220. The molecule has 3 heterocycles. The molecule has 1 saturated heterocycles. The van der Waals surface area contributed by atoms with Crippen LogP contribution in [0.25, 0.3) is 0 Å². The Hall–Kier alpha value is -2.65. The number of ether oxygens (including phenoxy) is 1. The van der Waals surface area contributed by atoms with E-state index in [1.807, 2.05) is 13.8 Å². The highest BCUT2D eigenvalue weighted by Gasteiger charge is 2.52. The number of hydrogen-bond donors (Lipinski definition) is 2. The average Bonchev–Trinajstić information content (AvgIpc) is 2.74. The minimum absolute atomic E-state index is 0.253. The van der Waals surface area contributed by atoms with Gasteiger partial charge in [0.2, 0.25) is 0 Å². The van der Waals surface area contributed by atoms with Crippen LogP contribution in [0.2, 0.25) is 0 Å². The summed E-state index contributed by atoms with van der Waals surface area (Å²) in [5.41, 5.74) is 0.254. The normalized spacial score (nSPS) is 22.0. The molecule has 1 saturated carbocycles. The van der Waals surface area contributed by atoms with Gasteiger partial charge in [0.05, 0.1) is 24.5 Å². The van der Waals surface area contributed by atoms with Gasteiger partial charge < -0.3 is 14.9 Å². The highest BCUT2D eigenvalue weighted by Crippen LogP contribution is 2.50. The number of likely N-dealkylation sites (tertiary alicyclic amines) is 1. The van der Waals surface area contributed by atoms with Gasteiger partial charge >= 0.3 is 6.09 Å². The van der Waals surface area contributed by atoms with Gasteiger partial charge in [-0.3, -0.25) is 14.9 Å². The highest BCUT2D eigenvalue weighted by atomic mass is 19.1. The number of halogens is 2. The maximum Gasteiger partial charge on any atom is 0.411 e. The van der Waals surface area contributed by atoms with Gasteiger partial charge in [0.1, 0.15) is 23.3 Å². The van der Waals surface area contributed by atoms with Crippen LogP contribution in [0.4, 0.5) is 13.6 Å². The number of amides is 1. The second kappa shape index (κ2) is 10.6. The molecule has 0 unspecified atom stereocenters. The Bertz CT molecular complexity index is 1090. The average molecular weight is 520 g/mol. The third-order valence-electron chi connectivity index (χ3n) is 6.86. The summed E-state index contributed by atoms with van der Waals surface area (Å²) in [5, 5.41) is 20.4. The van der Waals surface area contributed by atoms with Gasteiger partial charge in [-0.05, 0) is 77.3 Å². The monoisotopic (exact) mass is 519 g/mol. The highest BCUT2D eigenvalue weighted by molar-refractivity contribution is 5.71. The molecule has 1 amide bonds. The molecule has 9 heteroatoms. The predicted octanol–water partition coefficient (Wildman–Crippen LogP) is 5.73. The molecule has 0 bridgehead atoms. The van der Waals surface area contributed by atoms with Crippen molar-refractivity contribution in [3.63, 3.8) is 0 Å². The summed E-state index contributed by atoms with van der Waals surface area (Å²) in [6, 6.07) is 2.15. The standard InChI is InChI=1S/C16H23FN2O3.C12H16FNO/c1-15(2,3)22-14(21)19-12(7-16(19,4)5)13(20)10-6-11(17)9-18-8-10;1-12(2)4-9(5-12)11(15)8-3-10(13)7-14-6-8/h6,8-9,12-13,20H,7H2,1-5H3;3,6-7,9,11,15H,4-5H2,1-2H3/t12-,13-;11-/m11/s1. The molecule has 7 nitrogen and oxygen atoms in total. The molecular weight excluding hydrogens is 480 g/mol. The molecule has 1 aliphatic carbocycles. The zero-order valence-electron chi connectivity index (χ0n) is 22.7. The Morgan fingerprint density at radius 2 is 1.43 bits per heavy atom. The number of carbonyl (C=O) groups is 1. The van der Waals surface area contributed by atoms with Crippen molar-refractivity contribution < 1.29 is 28.5 Å². The van der Waals surface area contributed by atoms with Crippen LogP contribution >= 0.6 is 0 Å². The van der Waals surface area contributed by atoms with Crippen LogP contribution < -0.4 is 0 Å². The number of rotatable bonds is 4. The number of aromatic nitrogens is 2. The molecule has 2 aliphatic rings. The molecule has 0 radical (unpaired) electrons. The Kier molecular flexibility index (Phi) is 8.29. The fraction of sp³-hybridized carbons (Fsp3) is 0.607. The Morgan fingerprint density at radius 3 is 1.84 bits per heavy atom. The van der Waals surface area contributed by atoms with Crippen molar-refractivity contribution in [2.75, 3.05) is 0 Å². The zero-order chi connectivity index (χ0) is 27.8. The van der Waals surface area contributed by atoms with E-state index in [2.05, 4.69) is 23.8 Å². The lowest BCUT2D eigenvalue weighted by molar-refractivity contribution is -0.105. The predicted molar refractivity (Wildman–Crippen MR) is 135 cm³/mol. The summed E-state index contributed by atoms with van der Waals surface area (Å²) >= 11 is 0. The fourth-order valence-electron chi connectivity index (χ4n) is 5.24. The van der Waals surface area contributed by atoms with Crippen LogP contribution in [0.3, 0.4) is 0 Å². The van der Waals surface area contributed by atoms with Crippen molar-refractivity contribution in [3.8, 4) is 0 Å². The molecule has 2 fully saturated rings. The van der Waals surface area contributed by atoms with E-state index in [0.717, 1.165) is 25.2 Å². The second-order valence-electron chi connectivity index (χ2n) is 12.5. The number of hydrogen-bond acceptors (Lipinski definition) is 6. The molecular formula is C28H39F2N3O4. The third-order valence-corrected chi connectivity index (χ3v) is 6.86. The van der Waals surface area contributed by atoms with Crippen molar-refractivity contribution in [2.24, 2.45) is 11.3 Å². The van der Waals surface area contributed by atoms with Gasteiger partial charge in [-0.15, -0.1) is 0 Å². The van der Waals surface area contributed by atoms with Crippen molar-refractivity contribution in [3.05, 3.63) is 59.7 Å². The lowest BCUT2D eigenvalue weighted by Gasteiger charge is -2.56. The molecule has 37 heavy (non-hydrogen) atoms. The van der Waals surface area contributed by atoms with E-state index < -0.39 is 41.3 Å². The number of carbonyl (C=O) groups excluding carboxylic acids is 1. The van der Waals surface area contributed by atoms with E-state index in [-0.39, 0.29) is 11.7 Å². The van der Waals surface area contributed by atoms with Crippen molar-refractivity contribution in [1.29, 1.82) is 0 Å². The van der Waals surface area contributed by atoms with E-state index >= 15 is 0 Å². The van der Waals surface area contributed by atoms with Crippen LogP contribution in [0.1, 0.15) is 91.1 Å². The van der Waals surface area contributed by atoms with Gasteiger partial charge in [0, 0.05) is 29.1 Å². The maximum atomic E-state index is 13.3. The van der Waals surface area contributed by atoms with Gasteiger partial charge in [-0.25, -0.2) is 13.6 Å². The first-order chi connectivity index (χ1) is 17.0. The maximum absolute atomic E-state index is 13.3. The van der Waals surface area contributed by atoms with Crippen LogP contribution in [0.5, 0.6) is 0 Å². The van der Waals surface area contributed by atoms with Crippen LogP contribution in [-0.2, 0) is 4.74 Å². The number of pyridine rings is 2. The molecule has 0 spiro atoms. The van der Waals surface area contributed by atoms with Gasteiger partial charge in [-0.2, -0.15) is 0 Å². The fourth-order valence-corrected chi connectivity index (χ4v) is 5.24. The number of aliphatic hydroxyl groups is 2. The molecule has 3 atom stereocenters. The summed E-state index contributed by atoms with van der Waals surface area (Å²) in [4.78, 5) is 21.4. The van der Waals surface area contributed by atoms with Crippen molar-refractivity contribution >= 4 is 6.09 Å². The second-order valence-corrected chi connectivity index (χ2v) is 12.5. The lowest BCUT2D eigenvalue weighted by Crippen LogP contribution is -2.67. The summed E-state index contributed by atoms with van der Waals surface area (Å²) in [6.07, 6.45) is 5.72. The van der Waals surface area contributed by atoms with Crippen molar-refractivity contribution in [2.45, 2.75) is 97.1 Å². The number of nitrogens with zero attached hydrogens (tertiary/aromatic N) is 3. The topological polar surface area (TPSA) is 95.8 Å². The molecule has 2 N–H and O–H groups in total. The van der Waals surface area contributed by atoms with Gasteiger partial charge in [-0.1, -0.05) is 13.8 Å².